The van der Waals surface area contributed by atoms with Crippen LogP contribution in [0, 0.1) is 0 Å². The molecule has 2 amide bonds. The van der Waals surface area contributed by atoms with Crippen LogP contribution in [0.4, 0.5) is 5.69 Å². The molecule has 3 rings (SSSR count). The minimum absolute atomic E-state index is 0.0685. The van der Waals surface area contributed by atoms with Crippen LogP contribution >= 0.6 is 11.6 Å². The molecule has 0 saturated heterocycles. The van der Waals surface area contributed by atoms with Gasteiger partial charge in [0.15, 0.2) is 17.6 Å². The smallest absolute Gasteiger partial charge is 0.308 e. The van der Waals surface area contributed by atoms with E-state index >= 15 is 0 Å². The van der Waals surface area contributed by atoms with Crippen molar-refractivity contribution >= 4 is 35.1 Å². The summed E-state index contributed by atoms with van der Waals surface area (Å²) in [6.45, 7) is 1.68. The zero-order chi connectivity index (χ0) is 20.8. The minimum Gasteiger partial charge on any atom is -0.454 e. The highest BCUT2D eigenvalue weighted by Gasteiger charge is 2.20. The van der Waals surface area contributed by atoms with Gasteiger partial charge in [0.1, 0.15) is 0 Å². The highest BCUT2D eigenvalue weighted by Crippen LogP contribution is 2.34. The molecule has 0 aromatic heterocycles. The van der Waals surface area contributed by atoms with Crippen LogP contribution in [0.15, 0.2) is 42.5 Å². The van der Waals surface area contributed by atoms with Gasteiger partial charge >= 0.3 is 5.97 Å². The summed E-state index contributed by atoms with van der Waals surface area (Å²) in [6, 6.07) is 11.3. The number of carbonyl (C=O) groups is 3. The van der Waals surface area contributed by atoms with Crippen LogP contribution in [0.1, 0.15) is 23.7 Å². The fourth-order valence-electron chi connectivity index (χ4n) is 2.51. The van der Waals surface area contributed by atoms with Gasteiger partial charge in [0.25, 0.3) is 11.8 Å². The third-order valence-electron chi connectivity index (χ3n) is 4.04. The molecule has 0 fully saturated rings. The summed E-state index contributed by atoms with van der Waals surface area (Å²) in [6.07, 6.45) is -1.07. The van der Waals surface area contributed by atoms with Crippen molar-refractivity contribution in [3.63, 3.8) is 0 Å². The molecule has 0 saturated carbocycles. The van der Waals surface area contributed by atoms with Gasteiger partial charge in [-0.25, -0.2) is 0 Å². The van der Waals surface area contributed by atoms with E-state index in [9.17, 15) is 14.4 Å². The highest BCUT2D eigenvalue weighted by atomic mass is 35.5. The number of rotatable bonds is 7. The molecule has 1 atom stereocenters. The number of benzene rings is 2. The Morgan fingerprint density at radius 2 is 1.83 bits per heavy atom. The Kier molecular flexibility index (Phi) is 6.56. The van der Waals surface area contributed by atoms with Gasteiger partial charge in [-0.2, -0.15) is 0 Å². The lowest BCUT2D eigenvalue weighted by Gasteiger charge is -2.14. The number of esters is 1. The summed E-state index contributed by atoms with van der Waals surface area (Å²) in [5, 5.41) is 5.78. The van der Waals surface area contributed by atoms with Crippen molar-refractivity contribution in [2.45, 2.75) is 19.4 Å². The van der Waals surface area contributed by atoms with Crippen molar-refractivity contribution in [2.75, 3.05) is 18.7 Å². The van der Waals surface area contributed by atoms with E-state index in [1.807, 2.05) is 0 Å². The van der Waals surface area contributed by atoms with Crippen LogP contribution in [0.25, 0.3) is 0 Å². The topological polar surface area (TPSA) is 103 Å². The van der Waals surface area contributed by atoms with Crippen LogP contribution in [-0.4, -0.2) is 37.2 Å². The lowest BCUT2D eigenvalue weighted by Crippen LogP contribution is -2.32. The Balaban J connectivity index is 1.40. The number of nitrogens with one attached hydrogen (secondary N) is 2. The molecule has 0 unspecified atom stereocenters. The van der Waals surface area contributed by atoms with E-state index in [-0.39, 0.29) is 25.7 Å². The molecule has 2 aromatic carbocycles. The van der Waals surface area contributed by atoms with Gasteiger partial charge in [-0.15, -0.1) is 0 Å². The first-order valence-corrected chi connectivity index (χ1v) is 9.24. The van der Waals surface area contributed by atoms with Gasteiger partial charge in [0.2, 0.25) is 6.79 Å². The molecule has 152 valence electrons. The highest BCUT2D eigenvalue weighted by molar-refractivity contribution is 6.30. The Morgan fingerprint density at radius 1 is 1.10 bits per heavy atom. The van der Waals surface area contributed by atoms with Gasteiger partial charge < -0.3 is 24.8 Å². The summed E-state index contributed by atoms with van der Waals surface area (Å²) >= 11 is 5.77. The first kappa shape index (κ1) is 20.5. The Labute approximate surface area is 172 Å². The average molecular weight is 419 g/mol. The second kappa shape index (κ2) is 9.29. The predicted molar refractivity (Wildman–Crippen MR) is 105 cm³/mol. The minimum atomic E-state index is -1.00. The number of halogens is 1. The molecule has 0 aliphatic carbocycles. The normalized spacial score (nSPS) is 12.8. The second-order valence-electron chi connectivity index (χ2n) is 6.20. The van der Waals surface area contributed by atoms with Gasteiger partial charge in [-0.3, -0.25) is 14.4 Å². The first-order valence-electron chi connectivity index (χ1n) is 8.86. The molecule has 1 aliphatic rings. The van der Waals surface area contributed by atoms with Crippen LogP contribution in [0.3, 0.4) is 0 Å². The Bertz CT molecular complexity index is 916. The molecular formula is C20H19ClN2O6. The molecule has 0 radical (unpaired) electrons. The Morgan fingerprint density at radius 3 is 2.59 bits per heavy atom. The summed E-state index contributed by atoms with van der Waals surface area (Å²) in [4.78, 5) is 36.1. The number of hydrogen-bond acceptors (Lipinski definition) is 6. The van der Waals surface area contributed by atoms with Gasteiger partial charge in [-0.05, 0) is 43.3 Å². The molecular weight excluding hydrogens is 400 g/mol. The first-order chi connectivity index (χ1) is 13.9. The number of amides is 2. The molecule has 29 heavy (non-hydrogen) atoms. The van der Waals surface area contributed by atoms with E-state index in [0.717, 1.165) is 0 Å². The van der Waals surface area contributed by atoms with Crippen molar-refractivity contribution in [1.82, 2.24) is 5.32 Å². The molecule has 0 bridgehead atoms. The third kappa shape index (κ3) is 5.61. The van der Waals surface area contributed by atoms with Crippen molar-refractivity contribution < 1.29 is 28.6 Å². The van der Waals surface area contributed by atoms with E-state index in [2.05, 4.69) is 10.6 Å². The summed E-state index contributed by atoms with van der Waals surface area (Å²) in [5.74, 6) is -0.285. The van der Waals surface area contributed by atoms with E-state index in [4.69, 9.17) is 25.8 Å². The van der Waals surface area contributed by atoms with Crippen molar-refractivity contribution in [3.05, 3.63) is 53.1 Å². The van der Waals surface area contributed by atoms with Gasteiger partial charge in [-0.1, -0.05) is 11.6 Å². The largest absolute Gasteiger partial charge is 0.454 e. The lowest BCUT2D eigenvalue weighted by molar-refractivity contribution is -0.153. The number of carbonyl (C=O) groups excluding carboxylic acids is 3. The van der Waals surface area contributed by atoms with Crippen LogP contribution in [0.2, 0.25) is 5.02 Å². The number of fused-ring (bicyclic) bond motifs is 1. The number of hydrogen-bond donors (Lipinski definition) is 2. The zero-order valence-corrected chi connectivity index (χ0v) is 16.3. The molecule has 0 spiro atoms. The zero-order valence-electron chi connectivity index (χ0n) is 15.6. The van der Waals surface area contributed by atoms with Gasteiger partial charge in [0.05, 0.1) is 6.42 Å². The molecule has 2 N–H and O–H groups in total. The van der Waals surface area contributed by atoms with E-state index < -0.39 is 18.0 Å². The van der Waals surface area contributed by atoms with Crippen LogP contribution in [-0.2, 0) is 14.3 Å². The predicted octanol–water partition coefficient (Wildman–Crippen LogP) is 2.76. The van der Waals surface area contributed by atoms with E-state index in [0.29, 0.717) is 27.8 Å². The van der Waals surface area contributed by atoms with Gasteiger partial charge in [0, 0.05) is 28.9 Å². The van der Waals surface area contributed by atoms with E-state index in [1.165, 1.54) is 6.92 Å². The Hall–Kier alpha value is -3.26. The lowest BCUT2D eigenvalue weighted by atomic mass is 10.2. The maximum Gasteiger partial charge on any atom is 0.308 e. The third-order valence-corrected chi connectivity index (χ3v) is 4.29. The SMILES string of the molecule is C[C@H](OC(=O)CCNC(=O)c1ccc(Cl)cc1)C(=O)Nc1ccc2c(c1)OCO2. The molecule has 1 heterocycles. The fourth-order valence-corrected chi connectivity index (χ4v) is 2.64. The van der Waals surface area contributed by atoms with Crippen molar-refractivity contribution in [1.29, 1.82) is 0 Å². The van der Waals surface area contributed by atoms with Crippen LogP contribution in [0.5, 0.6) is 11.5 Å². The van der Waals surface area contributed by atoms with Crippen LogP contribution < -0.4 is 20.1 Å². The van der Waals surface area contributed by atoms with Crippen molar-refractivity contribution in [3.8, 4) is 11.5 Å². The quantitative estimate of drug-likeness (QED) is 0.670. The second-order valence-corrected chi connectivity index (χ2v) is 6.64. The molecule has 1 aliphatic heterocycles. The molecule has 8 nitrogen and oxygen atoms in total. The monoisotopic (exact) mass is 418 g/mol. The molecule has 9 heteroatoms. The summed E-state index contributed by atoms with van der Waals surface area (Å²) < 4.78 is 15.6. The summed E-state index contributed by atoms with van der Waals surface area (Å²) in [5.41, 5.74) is 0.927. The van der Waals surface area contributed by atoms with Crippen molar-refractivity contribution in [2.24, 2.45) is 0 Å². The average Bonchev–Trinajstić information content (AvgIpc) is 3.16. The maximum absolute atomic E-state index is 12.2. The maximum atomic E-state index is 12.2. The molecule has 2 aromatic rings. The standard InChI is InChI=1S/C20H19ClN2O6/c1-12(19(25)23-15-6-7-16-17(10-15)28-11-27-16)29-18(24)8-9-22-20(26)13-2-4-14(21)5-3-13/h2-7,10,12H,8-9,11H2,1H3,(H,22,26)(H,23,25)/t12-/m0/s1. The fraction of sp³-hybridized carbons (Fsp3) is 0.250. The number of anilines is 1. The van der Waals surface area contributed by atoms with E-state index in [1.54, 1.807) is 42.5 Å². The number of ether oxygens (including phenoxy) is 3. The summed E-state index contributed by atoms with van der Waals surface area (Å²) in [7, 11) is 0.